The van der Waals surface area contributed by atoms with E-state index >= 15 is 0 Å². The standard InChI is InChI=1S/C17H19F3N4O3/c1-9(22-15(26)10-2-4-12(25)5-3-10)16-23-14(24-27-16)11-6-7-21-13(8-11)17(18,19)20/h6-10,12,25H,2-5H2,1H3,(H,22,26)/t9?,10-,12-. The van der Waals surface area contributed by atoms with Gasteiger partial charge in [-0.15, -0.1) is 0 Å². The van der Waals surface area contributed by atoms with E-state index < -0.39 is 17.9 Å². The molecule has 1 aliphatic rings. The molecule has 1 amide bonds. The summed E-state index contributed by atoms with van der Waals surface area (Å²) in [6, 6.07) is 1.60. The smallest absolute Gasteiger partial charge is 0.393 e. The number of alkyl halides is 3. The quantitative estimate of drug-likeness (QED) is 0.841. The zero-order valence-electron chi connectivity index (χ0n) is 14.5. The van der Waals surface area contributed by atoms with Gasteiger partial charge in [0.15, 0.2) is 0 Å². The topological polar surface area (TPSA) is 101 Å². The van der Waals surface area contributed by atoms with Crippen molar-refractivity contribution in [1.82, 2.24) is 20.4 Å². The van der Waals surface area contributed by atoms with Gasteiger partial charge in [-0.2, -0.15) is 18.2 Å². The lowest BCUT2D eigenvalue weighted by Crippen LogP contribution is -2.35. The summed E-state index contributed by atoms with van der Waals surface area (Å²) in [7, 11) is 0. The molecule has 0 radical (unpaired) electrons. The minimum absolute atomic E-state index is 0.0141. The van der Waals surface area contributed by atoms with E-state index in [4.69, 9.17) is 4.52 Å². The van der Waals surface area contributed by atoms with E-state index in [1.54, 1.807) is 6.92 Å². The number of carbonyl (C=O) groups is 1. The van der Waals surface area contributed by atoms with Crippen LogP contribution in [0.25, 0.3) is 11.4 Å². The van der Waals surface area contributed by atoms with Gasteiger partial charge >= 0.3 is 6.18 Å². The third-order valence-electron chi connectivity index (χ3n) is 4.55. The highest BCUT2D eigenvalue weighted by atomic mass is 19.4. The average molecular weight is 384 g/mol. The van der Waals surface area contributed by atoms with Crippen molar-refractivity contribution in [1.29, 1.82) is 0 Å². The van der Waals surface area contributed by atoms with Crippen LogP contribution >= 0.6 is 0 Å². The summed E-state index contributed by atoms with van der Waals surface area (Å²) < 4.78 is 43.4. The van der Waals surface area contributed by atoms with Crippen LogP contribution in [-0.2, 0) is 11.0 Å². The summed E-state index contributed by atoms with van der Waals surface area (Å²) >= 11 is 0. The van der Waals surface area contributed by atoms with Crippen LogP contribution in [0.15, 0.2) is 22.9 Å². The number of carbonyl (C=O) groups excluding carboxylic acids is 1. The number of hydrogen-bond acceptors (Lipinski definition) is 6. The molecule has 7 nitrogen and oxygen atoms in total. The lowest BCUT2D eigenvalue weighted by molar-refractivity contribution is -0.141. The van der Waals surface area contributed by atoms with E-state index in [1.165, 1.54) is 6.07 Å². The molecule has 1 unspecified atom stereocenters. The molecule has 1 atom stereocenters. The van der Waals surface area contributed by atoms with Crippen molar-refractivity contribution in [3.8, 4) is 11.4 Å². The van der Waals surface area contributed by atoms with Gasteiger partial charge in [0.1, 0.15) is 11.7 Å². The fourth-order valence-corrected chi connectivity index (χ4v) is 2.98. The Morgan fingerprint density at radius 2 is 2.04 bits per heavy atom. The molecular formula is C17H19F3N4O3. The number of aromatic nitrogens is 3. The molecule has 0 aromatic carbocycles. The van der Waals surface area contributed by atoms with Gasteiger partial charge in [0.2, 0.25) is 17.6 Å². The first-order valence-electron chi connectivity index (χ1n) is 8.59. The molecule has 1 fully saturated rings. The normalized spacial score (nSPS) is 21.7. The molecule has 0 spiro atoms. The van der Waals surface area contributed by atoms with E-state index in [1.807, 2.05) is 0 Å². The number of nitrogens with one attached hydrogen (secondary N) is 1. The fourth-order valence-electron chi connectivity index (χ4n) is 2.98. The van der Waals surface area contributed by atoms with Crippen LogP contribution < -0.4 is 5.32 Å². The van der Waals surface area contributed by atoms with Crippen molar-refractivity contribution in [2.75, 3.05) is 0 Å². The molecule has 10 heteroatoms. The molecule has 2 aromatic rings. The highest BCUT2D eigenvalue weighted by molar-refractivity contribution is 5.79. The van der Waals surface area contributed by atoms with Crippen LogP contribution in [0.3, 0.4) is 0 Å². The van der Waals surface area contributed by atoms with Gasteiger partial charge in [-0.05, 0) is 44.7 Å². The van der Waals surface area contributed by atoms with Gasteiger partial charge in [0.05, 0.1) is 6.10 Å². The minimum atomic E-state index is -4.57. The number of amides is 1. The molecule has 27 heavy (non-hydrogen) atoms. The number of nitrogens with zero attached hydrogens (tertiary/aromatic N) is 3. The zero-order valence-corrected chi connectivity index (χ0v) is 14.5. The van der Waals surface area contributed by atoms with Crippen LogP contribution in [-0.4, -0.2) is 32.2 Å². The molecule has 0 bridgehead atoms. The zero-order chi connectivity index (χ0) is 19.6. The van der Waals surface area contributed by atoms with Crippen molar-refractivity contribution in [2.24, 2.45) is 5.92 Å². The maximum Gasteiger partial charge on any atom is 0.433 e. The van der Waals surface area contributed by atoms with Crippen LogP contribution in [0, 0.1) is 5.92 Å². The Morgan fingerprint density at radius 3 is 2.70 bits per heavy atom. The predicted molar refractivity (Wildman–Crippen MR) is 87.1 cm³/mol. The molecule has 0 aliphatic heterocycles. The Bertz CT molecular complexity index is 801. The second-order valence-electron chi connectivity index (χ2n) is 6.62. The molecule has 3 rings (SSSR count). The molecule has 2 aromatic heterocycles. The third-order valence-corrected chi connectivity index (χ3v) is 4.55. The SMILES string of the molecule is CC(NC(=O)[C@H]1CC[C@H](O)CC1)c1nc(-c2ccnc(C(F)(F)F)c2)no1. The molecular weight excluding hydrogens is 365 g/mol. The largest absolute Gasteiger partial charge is 0.433 e. The van der Waals surface area contributed by atoms with Gasteiger partial charge < -0.3 is 14.9 Å². The molecule has 1 aliphatic carbocycles. The number of pyridine rings is 1. The minimum Gasteiger partial charge on any atom is -0.393 e. The van der Waals surface area contributed by atoms with Crippen molar-refractivity contribution in [3.63, 3.8) is 0 Å². The highest BCUT2D eigenvalue weighted by Gasteiger charge is 2.33. The van der Waals surface area contributed by atoms with Gasteiger partial charge in [-0.3, -0.25) is 9.78 Å². The molecule has 2 heterocycles. The third kappa shape index (κ3) is 4.62. The Labute approximate surface area is 153 Å². The molecule has 146 valence electrons. The maximum absolute atomic E-state index is 12.8. The summed E-state index contributed by atoms with van der Waals surface area (Å²) in [5.74, 6) is -0.274. The average Bonchev–Trinajstić information content (AvgIpc) is 3.12. The molecule has 0 saturated heterocycles. The van der Waals surface area contributed by atoms with E-state index in [-0.39, 0.29) is 35.2 Å². The lowest BCUT2D eigenvalue weighted by Gasteiger charge is -2.25. The van der Waals surface area contributed by atoms with Gasteiger partial charge in [-0.1, -0.05) is 5.16 Å². The van der Waals surface area contributed by atoms with Gasteiger partial charge in [-0.25, -0.2) is 0 Å². The van der Waals surface area contributed by atoms with Crippen molar-refractivity contribution in [2.45, 2.75) is 50.9 Å². The highest BCUT2D eigenvalue weighted by Crippen LogP contribution is 2.30. The Balaban J connectivity index is 1.67. The van der Waals surface area contributed by atoms with E-state index in [0.29, 0.717) is 25.7 Å². The summed E-state index contributed by atoms with van der Waals surface area (Å²) in [6.07, 6.45) is -1.53. The summed E-state index contributed by atoms with van der Waals surface area (Å²) in [5.41, 5.74) is -0.931. The summed E-state index contributed by atoms with van der Waals surface area (Å²) in [6.45, 7) is 1.65. The Hall–Kier alpha value is -2.49. The Morgan fingerprint density at radius 1 is 1.33 bits per heavy atom. The first-order chi connectivity index (χ1) is 12.7. The van der Waals surface area contributed by atoms with Crippen LogP contribution in [0.2, 0.25) is 0 Å². The van der Waals surface area contributed by atoms with Crippen LogP contribution in [0.1, 0.15) is 50.2 Å². The van der Waals surface area contributed by atoms with Gasteiger partial charge in [0.25, 0.3) is 0 Å². The number of halogens is 3. The second-order valence-corrected chi connectivity index (χ2v) is 6.62. The van der Waals surface area contributed by atoms with Crippen molar-refractivity contribution in [3.05, 3.63) is 29.9 Å². The number of aliphatic hydroxyl groups excluding tert-OH is 1. The fraction of sp³-hybridized carbons (Fsp3) is 0.529. The van der Waals surface area contributed by atoms with E-state index in [2.05, 4.69) is 20.4 Å². The number of rotatable bonds is 4. The Kier molecular flexibility index (Phi) is 5.45. The number of aliphatic hydroxyl groups is 1. The second kappa shape index (κ2) is 7.63. The molecule has 2 N–H and O–H groups in total. The summed E-state index contributed by atoms with van der Waals surface area (Å²) in [5, 5.41) is 16.0. The summed E-state index contributed by atoms with van der Waals surface area (Å²) in [4.78, 5) is 19.7. The monoisotopic (exact) mass is 384 g/mol. The first-order valence-corrected chi connectivity index (χ1v) is 8.59. The van der Waals surface area contributed by atoms with E-state index in [0.717, 1.165) is 12.3 Å². The molecule has 1 saturated carbocycles. The predicted octanol–water partition coefficient (Wildman–Crippen LogP) is 2.88. The number of hydrogen-bond donors (Lipinski definition) is 2. The van der Waals surface area contributed by atoms with Crippen LogP contribution in [0.4, 0.5) is 13.2 Å². The van der Waals surface area contributed by atoms with Gasteiger partial charge in [0, 0.05) is 17.7 Å². The van der Waals surface area contributed by atoms with E-state index in [9.17, 15) is 23.1 Å². The maximum atomic E-state index is 12.8. The lowest BCUT2D eigenvalue weighted by atomic mass is 9.87. The van der Waals surface area contributed by atoms with Crippen molar-refractivity contribution < 1.29 is 27.6 Å². The van der Waals surface area contributed by atoms with Crippen molar-refractivity contribution >= 4 is 5.91 Å². The first kappa shape index (κ1) is 19.3. The van der Waals surface area contributed by atoms with Crippen LogP contribution in [0.5, 0.6) is 0 Å².